The molecule has 5 heteroatoms. The minimum atomic E-state index is -0.436. The number of nitrogens with two attached hydrogens (primary N) is 1. The van der Waals surface area contributed by atoms with Crippen LogP contribution in [0.25, 0.3) is 0 Å². The normalized spacial score (nSPS) is 14.1. The molecule has 0 saturated heterocycles. The number of benzene rings is 1. The molecule has 0 aliphatic heterocycles. The average Bonchev–Trinajstić information content (AvgIpc) is 2.20. The van der Waals surface area contributed by atoms with E-state index >= 15 is 0 Å². The maximum atomic E-state index is 11.9. The fourth-order valence-electron chi connectivity index (χ4n) is 1.60. The molecule has 1 rings (SSSR count). The van der Waals surface area contributed by atoms with Gasteiger partial charge in [-0.25, -0.2) is 0 Å². The van der Waals surface area contributed by atoms with Gasteiger partial charge >= 0.3 is 0 Å². The number of nitrogen functional groups attached to an aromatic ring is 1. The topological polar surface area (TPSA) is 75.3 Å². The van der Waals surface area contributed by atoms with Crippen LogP contribution in [0.1, 0.15) is 30.6 Å². The van der Waals surface area contributed by atoms with E-state index in [1.54, 1.807) is 25.1 Å². The van der Waals surface area contributed by atoms with Gasteiger partial charge in [0, 0.05) is 11.7 Å². The Hall–Kier alpha value is -1.07. The monoisotopic (exact) mass is 300 g/mol. The van der Waals surface area contributed by atoms with Crippen molar-refractivity contribution in [1.82, 2.24) is 5.32 Å². The molecular formula is C12H17BrN2O2. The zero-order valence-corrected chi connectivity index (χ0v) is 11.5. The summed E-state index contributed by atoms with van der Waals surface area (Å²) in [6, 6.07) is 5.06. The van der Waals surface area contributed by atoms with Crippen LogP contribution < -0.4 is 11.1 Å². The molecule has 0 fully saturated rings. The van der Waals surface area contributed by atoms with Gasteiger partial charge in [-0.15, -0.1) is 0 Å². The first-order valence-electron chi connectivity index (χ1n) is 5.44. The van der Waals surface area contributed by atoms with Gasteiger partial charge in [0.1, 0.15) is 0 Å². The van der Waals surface area contributed by atoms with Crippen molar-refractivity contribution < 1.29 is 9.90 Å². The Balaban J connectivity index is 2.73. The van der Waals surface area contributed by atoms with E-state index < -0.39 is 6.10 Å². The van der Waals surface area contributed by atoms with Crippen LogP contribution in [0.2, 0.25) is 0 Å². The van der Waals surface area contributed by atoms with Gasteiger partial charge in [0.05, 0.1) is 16.1 Å². The highest BCUT2D eigenvalue weighted by Gasteiger charge is 2.14. The van der Waals surface area contributed by atoms with Crippen molar-refractivity contribution in [3.8, 4) is 0 Å². The molecule has 4 N–H and O–H groups in total. The molecule has 1 amide bonds. The number of halogens is 1. The first-order chi connectivity index (χ1) is 7.91. The third-order valence-electron chi connectivity index (χ3n) is 2.35. The number of rotatable bonds is 4. The number of hydrogen-bond donors (Lipinski definition) is 3. The molecule has 94 valence electrons. The van der Waals surface area contributed by atoms with Crippen molar-refractivity contribution in [3.63, 3.8) is 0 Å². The van der Waals surface area contributed by atoms with E-state index in [0.717, 1.165) is 0 Å². The summed E-state index contributed by atoms with van der Waals surface area (Å²) in [6.45, 7) is 3.55. The fraction of sp³-hybridized carbons (Fsp3) is 0.417. The molecule has 2 atom stereocenters. The molecule has 17 heavy (non-hydrogen) atoms. The zero-order valence-electron chi connectivity index (χ0n) is 9.90. The predicted octanol–water partition coefficient (Wildman–Crippen LogP) is 1.92. The lowest BCUT2D eigenvalue weighted by Crippen LogP contribution is -2.34. The van der Waals surface area contributed by atoms with Gasteiger partial charge in [0.25, 0.3) is 5.91 Å². The van der Waals surface area contributed by atoms with Gasteiger partial charge in [0.15, 0.2) is 0 Å². The van der Waals surface area contributed by atoms with Gasteiger partial charge in [0.2, 0.25) is 0 Å². The number of aliphatic hydroxyl groups is 1. The largest absolute Gasteiger partial charge is 0.398 e. The van der Waals surface area contributed by atoms with Crippen molar-refractivity contribution in [2.45, 2.75) is 32.4 Å². The Morgan fingerprint density at radius 3 is 2.76 bits per heavy atom. The number of hydrogen-bond acceptors (Lipinski definition) is 3. The van der Waals surface area contributed by atoms with Gasteiger partial charge in [-0.1, -0.05) is 6.07 Å². The Morgan fingerprint density at radius 1 is 1.53 bits per heavy atom. The Morgan fingerprint density at radius 2 is 2.18 bits per heavy atom. The molecule has 4 nitrogen and oxygen atoms in total. The van der Waals surface area contributed by atoms with E-state index in [-0.39, 0.29) is 11.9 Å². The summed E-state index contributed by atoms with van der Waals surface area (Å²) < 4.78 is 0.599. The van der Waals surface area contributed by atoms with Crippen LogP contribution in [0.4, 0.5) is 5.69 Å². The van der Waals surface area contributed by atoms with Crippen molar-refractivity contribution >= 4 is 27.5 Å². The third-order valence-corrected chi connectivity index (χ3v) is 3.23. The number of carbonyl (C=O) groups excluding carboxylic acids is 1. The summed E-state index contributed by atoms with van der Waals surface area (Å²) >= 11 is 3.29. The molecule has 0 bridgehead atoms. The molecule has 1 aromatic carbocycles. The maximum Gasteiger partial charge on any atom is 0.252 e. The summed E-state index contributed by atoms with van der Waals surface area (Å²) in [6.07, 6.45) is 0.0839. The van der Waals surface area contributed by atoms with E-state index in [1.807, 2.05) is 6.92 Å². The SMILES string of the molecule is CC(O)CC(C)NC(=O)c1cccc(N)c1Br. The van der Waals surface area contributed by atoms with Gasteiger partial charge in [-0.05, 0) is 48.3 Å². The summed E-state index contributed by atoms with van der Waals surface area (Å²) in [5.41, 5.74) is 6.73. The molecule has 0 aliphatic carbocycles. The Labute approximate surface area is 109 Å². The van der Waals surface area contributed by atoms with Crippen LogP contribution >= 0.6 is 15.9 Å². The lowest BCUT2D eigenvalue weighted by Gasteiger charge is -2.16. The summed E-state index contributed by atoms with van der Waals surface area (Å²) in [5, 5.41) is 12.0. The number of carbonyl (C=O) groups is 1. The number of anilines is 1. The van der Waals surface area contributed by atoms with Crippen LogP contribution in [0.3, 0.4) is 0 Å². The molecule has 1 aromatic rings. The first-order valence-corrected chi connectivity index (χ1v) is 6.24. The number of aliphatic hydroxyl groups excluding tert-OH is 1. The molecule has 0 radical (unpaired) electrons. The Kier molecular flexibility index (Phi) is 4.96. The minimum absolute atomic E-state index is 0.0872. The minimum Gasteiger partial charge on any atom is -0.398 e. The van der Waals surface area contributed by atoms with Gasteiger partial charge in [-0.2, -0.15) is 0 Å². The molecule has 0 spiro atoms. The van der Waals surface area contributed by atoms with Crippen LogP contribution in [-0.4, -0.2) is 23.2 Å². The summed E-state index contributed by atoms with van der Waals surface area (Å²) in [5.74, 6) is -0.197. The van der Waals surface area contributed by atoms with Crippen molar-refractivity contribution in [2.24, 2.45) is 0 Å². The van der Waals surface area contributed by atoms with Crippen LogP contribution in [-0.2, 0) is 0 Å². The smallest absolute Gasteiger partial charge is 0.252 e. The average molecular weight is 301 g/mol. The van der Waals surface area contributed by atoms with Crippen LogP contribution in [0, 0.1) is 0 Å². The first kappa shape index (κ1) is 14.0. The molecule has 0 heterocycles. The number of nitrogens with one attached hydrogen (secondary N) is 1. The molecule has 0 aliphatic rings. The number of amides is 1. The molecule has 0 aromatic heterocycles. The van der Waals surface area contributed by atoms with E-state index in [0.29, 0.717) is 22.1 Å². The lowest BCUT2D eigenvalue weighted by molar-refractivity contribution is 0.0922. The molecule has 2 unspecified atom stereocenters. The highest BCUT2D eigenvalue weighted by Crippen LogP contribution is 2.23. The second-order valence-electron chi connectivity index (χ2n) is 4.17. The van der Waals surface area contributed by atoms with Crippen LogP contribution in [0.15, 0.2) is 22.7 Å². The second-order valence-corrected chi connectivity index (χ2v) is 4.96. The zero-order chi connectivity index (χ0) is 13.0. The maximum absolute atomic E-state index is 11.9. The van der Waals surface area contributed by atoms with Gasteiger partial charge in [-0.3, -0.25) is 4.79 Å². The summed E-state index contributed by atoms with van der Waals surface area (Å²) in [4.78, 5) is 11.9. The van der Waals surface area contributed by atoms with E-state index in [1.165, 1.54) is 0 Å². The second kappa shape index (κ2) is 6.02. The van der Waals surface area contributed by atoms with E-state index in [4.69, 9.17) is 5.73 Å². The van der Waals surface area contributed by atoms with Gasteiger partial charge < -0.3 is 16.2 Å². The van der Waals surface area contributed by atoms with E-state index in [2.05, 4.69) is 21.2 Å². The lowest BCUT2D eigenvalue weighted by atomic mass is 10.1. The highest BCUT2D eigenvalue weighted by molar-refractivity contribution is 9.10. The fourth-order valence-corrected chi connectivity index (χ4v) is 2.04. The van der Waals surface area contributed by atoms with E-state index in [9.17, 15) is 9.90 Å². The molecular weight excluding hydrogens is 284 g/mol. The highest BCUT2D eigenvalue weighted by atomic mass is 79.9. The quantitative estimate of drug-likeness (QED) is 0.744. The molecule has 0 saturated carbocycles. The van der Waals surface area contributed by atoms with Crippen molar-refractivity contribution in [3.05, 3.63) is 28.2 Å². The predicted molar refractivity (Wildman–Crippen MR) is 71.8 cm³/mol. The Bertz CT molecular complexity index is 407. The van der Waals surface area contributed by atoms with Crippen LogP contribution in [0.5, 0.6) is 0 Å². The van der Waals surface area contributed by atoms with Crippen molar-refractivity contribution in [2.75, 3.05) is 5.73 Å². The third kappa shape index (κ3) is 4.02. The standard InChI is InChI=1S/C12H17BrN2O2/c1-7(6-8(2)16)15-12(17)9-4-3-5-10(14)11(9)13/h3-5,7-8,16H,6,14H2,1-2H3,(H,15,17). The summed E-state index contributed by atoms with van der Waals surface area (Å²) in [7, 11) is 0. The van der Waals surface area contributed by atoms with Crippen molar-refractivity contribution in [1.29, 1.82) is 0 Å².